The highest BCUT2D eigenvalue weighted by atomic mass is 16.5. The number of nitrogens with zero attached hydrogens (tertiary/aromatic N) is 1. The molecule has 1 aliphatic heterocycles. The molecule has 1 fully saturated rings. The fourth-order valence-electron chi connectivity index (χ4n) is 3.01. The summed E-state index contributed by atoms with van der Waals surface area (Å²) in [6.07, 6.45) is 2.98. The molecule has 1 heterocycles. The Morgan fingerprint density at radius 1 is 1.33 bits per heavy atom. The van der Waals surface area contributed by atoms with E-state index in [1.54, 1.807) is 0 Å². The van der Waals surface area contributed by atoms with Crippen LogP contribution in [-0.4, -0.2) is 36.0 Å². The maximum Gasteiger partial charge on any atom is 0.234 e. The van der Waals surface area contributed by atoms with E-state index in [-0.39, 0.29) is 18.1 Å². The van der Waals surface area contributed by atoms with Gasteiger partial charge in [0.1, 0.15) is 11.9 Å². The van der Waals surface area contributed by atoms with Gasteiger partial charge in [0.2, 0.25) is 5.91 Å². The minimum Gasteiger partial charge on any atom is -0.489 e. The molecular formula is C17H26N2O2. The second-order valence-electron chi connectivity index (χ2n) is 5.84. The molecule has 4 heteroatoms. The van der Waals surface area contributed by atoms with E-state index in [0.29, 0.717) is 12.3 Å². The van der Waals surface area contributed by atoms with Crippen molar-refractivity contribution >= 4 is 5.91 Å². The second-order valence-corrected chi connectivity index (χ2v) is 5.84. The zero-order chi connectivity index (χ0) is 15.2. The van der Waals surface area contributed by atoms with E-state index in [0.717, 1.165) is 31.7 Å². The van der Waals surface area contributed by atoms with Gasteiger partial charge in [-0.15, -0.1) is 0 Å². The van der Waals surface area contributed by atoms with Gasteiger partial charge in [0.15, 0.2) is 0 Å². The number of rotatable bonds is 7. The lowest BCUT2D eigenvalue weighted by Crippen LogP contribution is -2.42. The third-order valence-corrected chi connectivity index (χ3v) is 4.39. The molecule has 1 aromatic carbocycles. The van der Waals surface area contributed by atoms with E-state index in [9.17, 15) is 4.79 Å². The molecule has 0 saturated carbocycles. The number of primary amides is 1. The molecule has 21 heavy (non-hydrogen) atoms. The number of carbonyl (C=O) groups is 1. The standard InChI is InChI=1S/C17H26N2O2/c1-3-13(4-2)11-19-12-15(10-16(19)17(18)20)21-14-8-6-5-7-9-14/h5-9,13,15-16H,3-4,10-12H2,1-2H3,(H2,18,20)/t15-,16-/m0/s1. The van der Waals surface area contributed by atoms with Gasteiger partial charge in [-0.1, -0.05) is 44.9 Å². The smallest absolute Gasteiger partial charge is 0.234 e. The predicted molar refractivity (Wildman–Crippen MR) is 84.1 cm³/mol. The highest BCUT2D eigenvalue weighted by Gasteiger charge is 2.37. The van der Waals surface area contributed by atoms with Crippen molar-refractivity contribution in [1.82, 2.24) is 4.90 Å². The lowest BCUT2D eigenvalue weighted by molar-refractivity contribution is -0.122. The number of amides is 1. The summed E-state index contributed by atoms with van der Waals surface area (Å²) in [5.41, 5.74) is 5.57. The summed E-state index contributed by atoms with van der Waals surface area (Å²) in [5, 5.41) is 0. The lowest BCUT2D eigenvalue weighted by Gasteiger charge is -2.25. The number of carbonyl (C=O) groups excluding carboxylic acids is 1. The molecular weight excluding hydrogens is 264 g/mol. The van der Waals surface area contributed by atoms with Gasteiger partial charge in [0.05, 0.1) is 6.04 Å². The van der Waals surface area contributed by atoms with Crippen molar-refractivity contribution in [3.05, 3.63) is 30.3 Å². The first-order valence-corrected chi connectivity index (χ1v) is 7.89. The minimum atomic E-state index is -0.236. The van der Waals surface area contributed by atoms with E-state index in [1.165, 1.54) is 0 Å². The molecule has 2 N–H and O–H groups in total. The topological polar surface area (TPSA) is 55.6 Å². The number of para-hydroxylation sites is 1. The maximum atomic E-state index is 11.7. The Labute approximate surface area is 127 Å². The summed E-state index contributed by atoms with van der Waals surface area (Å²) >= 11 is 0. The lowest BCUT2D eigenvalue weighted by atomic mass is 10.0. The molecule has 0 bridgehead atoms. The first-order chi connectivity index (χ1) is 10.1. The first-order valence-electron chi connectivity index (χ1n) is 7.89. The zero-order valence-corrected chi connectivity index (χ0v) is 13.0. The fraction of sp³-hybridized carbons (Fsp3) is 0.588. The molecule has 1 saturated heterocycles. The van der Waals surface area contributed by atoms with Gasteiger partial charge < -0.3 is 10.5 Å². The summed E-state index contributed by atoms with van der Waals surface area (Å²) in [6.45, 7) is 6.09. The largest absolute Gasteiger partial charge is 0.489 e. The average molecular weight is 290 g/mol. The molecule has 0 unspecified atom stereocenters. The van der Waals surface area contributed by atoms with Crippen molar-refractivity contribution in [3.63, 3.8) is 0 Å². The molecule has 0 spiro atoms. The van der Waals surface area contributed by atoms with Crippen molar-refractivity contribution in [2.75, 3.05) is 13.1 Å². The molecule has 1 aliphatic rings. The summed E-state index contributed by atoms with van der Waals surface area (Å²) in [5.74, 6) is 1.23. The van der Waals surface area contributed by atoms with Gasteiger partial charge in [-0.3, -0.25) is 9.69 Å². The predicted octanol–water partition coefficient (Wildman–Crippen LogP) is 2.43. The SMILES string of the molecule is CCC(CC)CN1C[C@@H](Oc2ccccc2)C[C@H]1C(N)=O. The highest BCUT2D eigenvalue weighted by molar-refractivity contribution is 5.80. The number of benzene rings is 1. The minimum absolute atomic E-state index is 0.0410. The molecule has 116 valence electrons. The van der Waals surface area contributed by atoms with Gasteiger partial charge >= 0.3 is 0 Å². The van der Waals surface area contributed by atoms with Gasteiger partial charge in [-0.05, 0) is 18.1 Å². The van der Waals surface area contributed by atoms with E-state index < -0.39 is 0 Å². The van der Waals surface area contributed by atoms with Crippen molar-refractivity contribution in [2.24, 2.45) is 11.7 Å². The summed E-state index contributed by atoms with van der Waals surface area (Å²) in [7, 11) is 0. The second kappa shape index (κ2) is 7.46. The average Bonchev–Trinajstić information content (AvgIpc) is 2.88. The Morgan fingerprint density at radius 2 is 2.00 bits per heavy atom. The third kappa shape index (κ3) is 4.21. The van der Waals surface area contributed by atoms with Crippen LogP contribution in [0.1, 0.15) is 33.1 Å². The van der Waals surface area contributed by atoms with Crippen LogP contribution in [0.25, 0.3) is 0 Å². The summed E-state index contributed by atoms with van der Waals surface area (Å²) in [4.78, 5) is 13.9. The van der Waals surface area contributed by atoms with E-state index in [1.807, 2.05) is 30.3 Å². The Bertz CT molecular complexity index is 445. The van der Waals surface area contributed by atoms with Crippen LogP contribution in [-0.2, 0) is 4.79 Å². The highest BCUT2D eigenvalue weighted by Crippen LogP contribution is 2.25. The van der Waals surface area contributed by atoms with Gasteiger partial charge in [-0.25, -0.2) is 0 Å². The van der Waals surface area contributed by atoms with Crippen LogP contribution < -0.4 is 10.5 Å². The summed E-state index contributed by atoms with van der Waals surface area (Å²) < 4.78 is 5.99. The van der Waals surface area contributed by atoms with Crippen LogP contribution >= 0.6 is 0 Å². The number of hydrogen-bond acceptors (Lipinski definition) is 3. The molecule has 0 radical (unpaired) electrons. The van der Waals surface area contributed by atoms with Crippen molar-refractivity contribution < 1.29 is 9.53 Å². The number of likely N-dealkylation sites (tertiary alicyclic amines) is 1. The fourth-order valence-corrected chi connectivity index (χ4v) is 3.01. The van der Waals surface area contributed by atoms with Crippen LogP contribution in [0, 0.1) is 5.92 Å². The number of hydrogen-bond donors (Lipinski definition) is 1. The third-order valence-electron chi connectivity index (χ3n) is 4.39. The molecule has 1 aromatic rings. The van der Waals surface area contributed by atoms with Crippen LogP contribution in [0.5, 0.6) is 5.75 Å². The van der Waals surface area contributed by atoms with Crippen molar-refractivity contribution in [3.8, 4) is 5.75 Å². The van der Waals surface area contributed by atoms with E-state index >= 15 is 0 Å². The maximum absolute atomic E-state index is 11.7. The molecule has 0 aromatic heterocycles. The molecule has 0 aliphatic carbocycles. The van der Waals surface area contributed by atoms with Gasteiger partial charge in [-0.2, -0.15) is 0 Å². The quantitative estimate of drug-likeness (QED) is 0.839. The van der Waals surface area contributed by atoms with Crippen molar-refractivity contribution in [2.45, 2.75) is 45.3 Å². The number of ether oxygens (including phenoxy) is 1. The van der Waals surface area contributed by atoms with Crippen LogP contribution in [0.3, 0.4) is 0 Å². The summed E-state index contributed by atoms with van der Waals surface area (Å²) in [6, 6.07) is 9.58. The molecule has 4 nitrogen and oxygen atoms in total. The van der Waals surface area contributed by atoms with Gasteiger partial charge in [0, 0.05) is 19.5 Å². The Hall–Kier alpha value is -1.55. The van der Waals surface area contributed by atoms with Crippen LogP contribution in [0.2, 0.25) is 0 Å². The Balaban J connectivity index is 1.99. The Morgan fingerprint density at radius 3 is 2.57 bits per heavy atom. The normalized spacial score (nSPS) is 22.6. The molecule has 2 rings (SSSR count). The monoisotopic (exact) mass is 290 g/mol. The molecule has 1 amide bonds. The zero-order valence-electron chi connectivity index (χ0n) is 13.0. The molecule has 2 atom stereocenters. The van der Waals surface area contributed by atoms with E-state index in [2.05, 4.69) is 18.7 Å². The van der Waals surface area contributed by atoms with E-state index in [4.69, 9.17) is 10.5 Å². The van der Waals surface area contributed by atoms with Gasteiger partial charge in [0.25, 0.3) is 0 Å². The Kier molecular flexibility index (Phi) is 5.62. The first kappa shape index (κ1) is 15.8. The van der Waals surface area contributed by atoms with Crippen molar-refractivity contribution in [1.29, 1.82) is 0 Å². The number of nitrogens with two attached hydrogens (primary N) is 1. The van der Waals surface area contributed by atoms with Crippen LogP contribution in [0.4, 0.5) is 0 Å². The van der Waals surface area contributed by atoms with Crippen LogP contribution in [0.15, 0.2) is 30.3 Å².